The van der Waals surface area contributed by atoms with Crippen molar-refractivity contribution >= 4 is 7.82 Å². The van der Waals surface area contributed by atoms with Crippen molar-refractivity contribution in [1.29, 1.82) is 0 Å². The molecule has 0 radical (unpaired) electrons. The third kappa shape index (κ3) is 16.3. The van der Waals surface area contributed by atoms with E-state index in [9.17, 15) is 4.57 Å². The third-order valence-corrected chi connectivity index (χ3v) is 4.37. The van der Waals surface area contributed by atoms with E-state index in [4.69, 9.17) is 14.3 Å². The Morgan fingerprint density at radius 3 is 1.62 bits per heavy atom. The van der Waals surface area contributed by atoms with Crippen LogP contribution in [0.4, 0.5) is 0 Å². The number of hydrogen-bond donors (Lipinski definition) is 2. The maximum atomic E-state index is 11.0. The van der Waals surface area contributed by atoms with Crippen LogP contribution in [0.15, 0.2) is 0 Å². The summed E-state index contributed by atoms with van der Waals surface area (Å²) in [5.41, 5.74) is 0. The second-order valence-electron chi connectivity index (χ2n) is 5.98. The van der Waals surface area contributed by atoms with Gasteiger partial charge in [-0.3, -0.25) is 4.52 Å². The first-order valence-corrected chi connectivity index (χ1v) is 10.3. The molecule has 0 saturated carbocycles. The predicted octanol–water partition coefficient (Wildman–Crippen LogP) is 5.58. The minimum atomic E-state index is -4.34. The molecule has 0 aromatic rings. The summed E-state index contributed by atoms with van der Waals surface area (Å²) in [5, 5.41) is 0. The van der Waals surface area contributed by atoms with E-state index in [1.54, 1.807) is 0 Å². The molecule has 0 bridgehead atoms. The van der Waals surface area contributed by atoms with Crippen molar-refractivity contribution < 1.29 is 18.9 Å². The first-order valence-electron chi connectivity index (χ1n) is 8.73. The SMILES string of the molecule is CCCCCCCCCCC(CCCCC)OP(=O)(O)O. The summed E-state index contributed by atoms with van der Waals surface area (Å²) < 4.78 is 15.9. The van der Waals surface area contributed by atoms with Gasteiger partial charge in [-0.1, -0.05) is 84.5 Å². The molecule has 0 aromatic carbocycles. The summed E-state index contributed by atoms with van der Waals surface area (Å²) in [6.45, 7) is 4.34. The van der Waals surface area contributed by atoms with Gasteiger partial charge >= 0.3 is 7.82 Å². The lowest BCUT2D eigenvalue weighted by molar-refractivity contribution is 0.115. The highest BCUT2D eigenvalue weighted by Gasteiger charge is 2.21. The second kappa shape index (κ2) is 13.8. The van der Waals surface area contributed by atoms with Crippen molar-refractivity contribution in [3.8, 4) is 0 Å². The summed E-state index contributed by atoms with van der Waals surface area (Å²) >= 11 is 0. The molecule has 0 rings (SSSR count). The first kappa shape index (κ1) is 21.1. The average Bonchev–Trinajstić information content (AvgIpc) is 2.40. The van der Waals surface area contributed by atoms with Crippen LogP contribution in [0.5, 0.6) is 0 Å². The van der Waals surface area contributed by atoms with E-state index >= 15 is 0 Å². The molecule has 21 heavy (non-hydrogen) atoms. The Kier molecular flexibility index (Phi) is 13.8. The molecular weight excluding hydrogens is 287 g/mol. The largest absolute Gasteiger partial charge is 0.469 e. The van der Waals surface area contributed by atoms with Crippen molar-refractivity contribution in [1.82, 2.24) is 0 Å². The fourth-order valence-corrected chi connectivity index (χ4v) is 3.17. The van der Waals surface area contributed by atoms with E-state index in [1.807, 2.05) is 0 Å². The van der Waals surface area contributed by atoms with E-state index in [0.29, 0.717) is 0 Å². The molecule has 5 heteroatoms. The highest BCUT2D eigenvalue weighted by atomic mass is 31.2. The van der Waals surface area contributed by atoms with Crippen molar-refractivity contribution in [3.63, 3.8) is 0 Å². The molecule has 0 fully saturated rings. The lowest BCUT2D eigenvalue weighted by Gasteiger charge is -2.18. The van der Waals surface area contributed by atoms with E-state index in [0.717, 1.165) is 44.9 Å². The molecule has 128 valence electrons. The molecule has 0 aliphatic rings. The number of phosphoric acid groups is 1. The average molecular weight is 322 g/mol. The maximum absolute atomic E-state index is 11.0. The standard InChI is InChI=1S/C16H35O4P/c1-3-5-7-8-9-10-11-13-15-16(14-12-6-4-2)20-21(17,18)19/h16H,3-15H2,1-2H3,(H2,17,18,19). The molecule has 0 aliphatic carbocycles. The lowest BCUT2D eigenvalue weighted by Crippen LogP contribution is -2.11. The normalized spacial score (nSPS) is 13.5. The molecule has 0 aromatic heterocycles. The third-order valence-electron chi connectivity index (χ3n) is 3.80. The van der Waals surface area contributed by atoms with Crippen LogP contribution < -0.4 is 0 Å². The maximum Gasteiger partial charge on any atom is 0.469 e. The number of unbranched alkanes of at least 4 members (excludes halogenated alkanes) is 9. The van der Waals surface area contributed by atoms with Gasteiger partial charge in [0.15, 0.2) is 0 Å². The van der Waals surface area contributed by atoms with Gasteiger partial charge in [0.2, 0.25) is 0 Å². The summed E-state index contributed by atoms with van der Waals surface area (Å²) in [7, 11) is -4.34. The van der Waals surface area contributed by atoms with Crippen LogP contribution in [-0.4, -0.2) is 15.9 Å². The summed E-state index contributed by atoms with van der Waals surface area (Å²) in [4.78, 5) is 17.9. The Bertz CT molecular complexity index is 265. The van der Waals surface area contributed by atoms with Crippen molar-refractivity contribution in [3.05, 3.63) is 0 Å². The van der Waals surface area contributed by atoms with Crippen molar-refractivity contribution in [2.24, 2.45) is 0 Å². The minimum absolute atomic E-state index is 0.280. The first-order chi connectivity index (χ1) is 9.99. The minimum Gasteiger partial charge on any atom is -0.303 e. The topological polar surface area (TPSA) is 66.8 Å². The zero-order valence-corrected chi connectivity index (χ0v) is 14.8. The molecule has 2 N–H and O–H groups in total. The molecule has 0 heterocycles. The van der Waals surface area contributed by atoms with E-state index < -0.39 is 7.82 Å². The van der Waals surface area contributed by atoms with Crippen LogP contribution in [0.3, 0.4) is 0 Å². The van der Waals surface area contributed by atoms with Gasteiger partial charge in [-0.05, 0) is 12.8 Å². The van der Waals surface area contributed by atoms with Gasteiger partial charge in [-0.15, -0.1) is 0 Å². The Labute approximate surface area is 130 Å². The van der Waals surface area contributed by atoms with Gasteiger partial charge in [-0.25, -0.2) is 4.57 Å². The lowest BCUT2D eigenvalue weighted by atomic mass is 10.0. The zero-order valence-electron chi connectivity index (χ0n) is 13.9. The fourth-order valence-electron chi connectivity index (χ4n) is 2.57. The highest BCUT2D eigenvalue weighted by molar-refractivity contribution is 7.46. The Morgan fingerprint density at radius 1 is 0.762 bits per heavy atom. The summed E-state index contributed by atoms with van der Waals surface area (Å²) in [5.74, 6) is 0. The van der Waals surface area contributed by atoms with Crippen LogP contribution in [0.1, 0.15) is 97.3 Å². The van der Waals surface area contributed by atoms with E-state index in [1.165, 1.54) is 38.5 Å². The second-order valence-corrected chi connectivity index (χ2v) is 7.17. The van der Waals surface area contributed by atoms with Crippen LogP contribution in [0, 0.1) is 0 Å². The number of rotatable bonds is 15. The monoisotopic (exact) mass is 322 g/mol. The van der Waals surface area contributed by atoms with Gasteiger partial charge in [0.05, 0.1) is 6.10 Å². The fraction of sp³-hybridized carbons (Fsp3) is 1.00. The van der Waals surface area contributed by atoms with Crippen LogP contribution in [0.25, 0.3) is 0 Å². The smallest absolute Gasteiger partial charge is 0.303 e. The van der Waals surface area contributed by atoms with Crippen LogP contribution in [-0.2, 0) is 9.09 Å². The van der Waals surface area contributed by atoms with Crippen LogP contribution >= 0.6 is 7.82 Å². The number of phosphoric ester groups is 1. The summed E-state index contributed by atoms with van der Waals surface area (Å²) in [6, 6.07) is 0. The Balaban J connectivity index is 3.72. The molecule has 1 unspecified atom stereocenters. The molecular formula is C16H35O4P. The molecule has 1 atom stereocenters. The quantitative estimate of drug-likeness (QED) is 0.305. The van der Waals surface area contributed by atoms with Gasteiger partial charge in [0.1, 0.15) is 0 Å². The van der Waals surface area contributed by atoms with E-state index in [2.05, 4.69) is 13.8 Å². The van der Waals surface area contributed by atoms with Gasteiger partial charge in [0.25, 0.3) is 0 Å². The predicted molar refractivity (Wildman–Crippen MR) is 88.3 cm³/mol. The van der Waals surface area contributed by atoms with Gasteiger partial charge in [0, 0.05) is 0 Å². The Morgan fingerprint density at radius 2 is 1.14 bits per heavy atom. The van der Waals surface area contributed by atoms with Crippen molar-refractivity contribution in [2.75, 3.05) is 0 Å². The molecule has 0 spiro atoms. The molecule has 0 aliphatic heterocycles. The van der Waals surface area contributed by atoms with E-state index in [-0.39, 0.29) is 6.10 Å². The van der Waals surface area contributed by atoms with Gasteiger partial charge in [-0.2, -0.15) is 0 Å². The molecule has 0 amide bonds. The Hall–Kier alpha value is 0.110. The van der Waals surface area contributed by atoms with Crippen molar-refractivity contribution in [2.45, 2.75) is 103 Å². The molecule has 4 nitrogen and oxygen atoms in total. The summed E-state index contributed by atoms with van der Waals surface area (Å²) in [6.07, 6.45) is 14.3. The number of hydrogen-bond acceptors (Lipinski definition) is 2. The zero-order chi connectivity index (χ0) is 16.0. The highest BCUT2D eigenvalue weighted by Crippen LogP contribution is 2.39. The van der Waals surface area contributed by atoms with Crippen LogP contribution in [0.2, 0.25) is 0 Å². The van der Waals surface area contributed by atoms with Gasteiger partial charge < -0.3 is 9.79 Å². The molecule has 0 saturated heterocycles.